The second kappa shape index (κ2) is 9.46. The molecule has 0 radical (unpaired) electrons. The summed E-state index contributed by atoms with van der Waals surface area (Å²) in [5.41, 5.74) is 4.51. The molecule has 0 aliphatic carbocycles. The summed E-state index contributed by atoms with van der Waals surface area (Å²) >= 11 is 0. The van der Waals surface area contributed by atoms with Gasteiger partial charge in [-0.3, -0.25) is 9.69 Å². The average molecular weight is 461 g/mol. The zero-order valence-electron chi connectivity index (χ0n) is 19.6. The van der Waals surface area contributed by atoms with Gasteiger partial charge >= 0.3 is 0 Å². The van der Waals surface area contributed by atoms with Crippen molar-refractivity contribution in [1.82, 2.24) is 30.1 Å². The maximum Gasteiger partial charge on any atom is 0.253 e. The minimum Gasteiger partial charge on any atom is -0.321 e. The molecular weight excluding hydrogens is 431 g/mol. The molecule has 3 heterocycles. The molecule has 1 N–H and O–H groups in total. The van der Waals surface area contributed by atoms with Crippen molar-refractivity contribution < 1.29 is 4.39 Å². The van der Waals surface area contributed by atoms with Crippen molar-refractivity contribution in [3.8, 4) is 0 Å². The van der Waals surface area contributed by atoms with Crippen LogP contribution in [-0.2, 0) is 6.54 Å². The molecule has 34 heavy (non-hydrogen) atoms. The number of H-pyrrole nitrogens is 1. The first kappa shape index (κ1) is 22.4. The molecule has 7 nitrogen and oxygen atoms in total. The molecule has 0 spiro atoms. The lowest BCUT2D eigenvalue weighted by Gasteiger charge is -2.29. The van der Waals surface area contributed by atoms with Gasteiger partial charge in [-0.25, -0.2) is 9.07 Å². The zero-order chi connectivity index (χ0) is 23.7. The molecule has 2 aromatic heterocycles. The van der Waals surface area contributed by atoms with Crippen LogP contribution in [0.4, 0.5) is 4.39 Å². The molecular formula is C26H29FN6O. The largest absolute Gasteiger partial charge is 0.321 e. The second-order valence-electron chi connectivity index (χ2n) is 9.20. The Morgan fingerprint density at radius 2 is 1.76 bits per heavy atom. The standard InChI is InChI=1S/C26H29FN6O/c1-17-7-10-20-15-22(26(34)28-23(20)18(17)2)24(32-13-5-3-4-6-14-32)25-29-30-31-33(25)16-19-8-11-21(27)12-9-19/h7-12,15,24H,3-6,13-14,16H2,1-2H3,(H,28,34). The molecule has 4 aromatic rings. The SMILES string of the molecule is Cc1ccc2cc(C(c3nnnn3Cc3ccc(F)cc3)N3CCCCCC3)c(=O)[nH]c2c1C. The van der Waals surface area contributed by atoms with Crippen LogP contribution >= 0.6 is 0 Å². The molecule has 176 valence electrons. The molecule has 1 saturated heterocycles. The van der Waals surface area contributed by atoms with Gasteiger partial charge in [0.05, 0.1) is 12.1 Å². The Bertz CT molecular complexity index is 1350. The molecule has 0 amide bonds. The molecule has 5 rings (SSSR count). The highest BCUT2D eigenvalue weighted by atomic mass is 19.1. The number of rotatable bonds is 5. The summed E-state index contributed by atoms with van der Waals surface area (Å²) in [6, 6.07) is 12.1. The number of benzene rings is 2. The van der Waals surface area contributed by atoms with Gasteiger partial charge in [-0.2, -0.15) is 0 Å². The highest BCUT2D eigenvalue weighted by molar-refractivity contribution is 5.83. The van der Waals surface area contributed by atoms with Crippen LogP contribution in [0.3, 0.4) is 0 Å². The molecule has 1 fully saturated rings. The number of nitrogens with zero attached hydrogens (tertiary/aromatic N) is 5. The van der Waals surface area contributed by atoms with Gasteiger partial charge in [-0.15, -0.1) is 5.10 Å². The van der Waals surface area contributed by atoms with Gasteiger partial charge < -0.3 is 4.98 Å². The summed E-state index contributed by atoms with van der Waals surface area (Å²) in [4.78, 5) is 18.9. The number of hydrogen-bond acceptors (Lipinski definition) is 5. The number of aryl methyl sites for hydroxylation is 2. The smallest absolute Gasteiger partial charge is 0.253 e. The number of likely N-dealkylation sites (tertiary alicyclic amines) is 1. The van der Waals surface area contributed by atoms with E-state index < -0.39 is 0 Å². The quantitative estimate of drug-likeness (QED) is 0.481. The number of halogens is 1. The summed E-state index contributed by atoms with van der Waals surface area (Å²) in [6.07, 6.45) is 4.49. The van der Waals surface area contributed by atoms with Crippen molar-refractivity contribution >= 4 is 10.9 Å². The van der Waals surface area contributed by atoms with Crippen molar-refractivity contribution in [1.29, 1.82) is 0 Å². The van der Waals surface area contributed by atoms with E-state index in [1.807, 2.05) is 19.9 Å². The topological polar surface area (TPSA) is 79.7 Å². The molecule has 0 saturated carbocycles. The van der Waals surface area contributed by atoms with E-state index in [9.17, 15) is 9.18 Å². The fourth-order valence-electron chi connectivity index (χ4n) is 4.88. The first-order valence-corrected chi connectivity index (χ1v) is 11.9. The molecule has 1 atom stereocenters. The second-order valence-corrected chi connectivity index (χ2v) is 9.20. The molecule has 1 unspecified atom stereocenters. The summed E-state index contributed by atoms with van der Waals surface area (Å²) in [7, 11) is 0. The van der Waals surface area contributed by atoms with Crippen LogP contribution in [0, 0.1) is 19.7 Å². The van der Waals surface area contributed by atoms with Crippen LogP contribution < -0.4 is 5.56 Å². The molecule has 8 heteroatoms. The fraction of sp³-hybridized carbons (Fsp3) is 0.385. The number of hydrogen-bond donors (Lipinski definition) is 1. The lowest BCUT2D eigenvalue weighted by molar-refractivity contribution is 0.220. The van der Waals surface area contributed by atoms with Crippen molar-refractivity contribution in [2.24, 2.45) is 0 Å². The summed E-state index contributed by atoms with van der Waals surface area (Å²) in [6.45, 7) is 6.22. The van der Waals surface area contributed by atoms with Crippen LogP contribution in [-0.4, -0.2) is 43.2 Å². The molecule has 1 aliphatic rings. The van der Waals surface area contributed by atoms with E-state index >= 15 is 0 Å². The maximum atomic E-state index is 13.5. The zero-order valence-corrected chi connectivity index (χ0v) is 19.6. The third-order valence-electron chi connectivity index (χ3n) is 6.93. The third kappa shape index (κ3) is 4.37. The van der Waals surface area contributed by atoms with Gasteiger partial charge in [0.1, 0.15) is 11.9 Å². The van der Waals surface area contributed by atoms with Crippen LogP contribution in [0.5, 0.6) is 0 Å². The number of nitrogens with one attached hydrogen (secondary N) is 1. The van der Waals surface area contributed by atoms with Crippen LogP contribution in [0.2, 0.25) is 0 Å². The highest BCUT2D eigenvalue weighted by Gasteiger charge is 2.31. The Morgan fingerprint density at radius 3 is 2.50 bits per heavy atom. The first-order valence-electron chi connectivity index (χ1n) is 11.9. The van der Waals surface area contributed by atoms with Gasteiger partial charge in [0.15, 0.2) is 5.82 Å². The minimum atomic E-state index is -0.372. The van der Waals surface area contributed by atoms with Crippen molar-refractivity contribution in [3.05, 3.63) is 86.7 Å². The monoisotopic (exact) mass is 460 g/mol. The predicted molar refractivity (Wildman–Crippen MR) is 129 cm³/mol. The highest BCUT2D eigenvalue weighted by Crippen LogP contribution is 2.30. The number of pyridine rings is 1. The van der Waals surface area contributed by atoms with Crippen LogP contribution in [0.1, 0.15) is 59.8 Å². The maximum absolute atomic E-state index is 13.5. The average Bonchev–Trinajstić information content (AvgIpc) is 3.10. The van der Waals surface area contributed by atoms with Crippen LogP contribution in [0.25, 0.3) is 10.9 Å². The Hall–Kier alpha value is -3.39. The lowest BCUT2D eigenvalue weighted by Crippen LogP contribution is -2.36. The van der Waals surface area contributed by atoms with Crippen LogP contribution in [0.15, 0.2) is 47.3 Å². The van der Waals surface area contributed by atoms with Gasteiger partial charge in [-0.05, 0) is 90.5 Å². The Kier molecular flexibility index (Phi) is 6.24. The number of fused-ring (bicyclic) bond motifs is 1. The minimum absolute atomic E-state index is 0.119. The third-order valence-corrected chi connectivity index (χ3v) is 6.93. The van der Waals surface area contributed by atoms with E-state index in [-0.39, 0.29) is 17.4 Å². The van der Waals surface area contributed by atoms with E-state index in [4.69, 9.17) is 0 Å². The lowest BCUT2D eigenvalue weighted by atomic mass is 10.00. The Morgan fingerprint density at radius 1 is 1.03 bits per heavy atom. The van der Waals surface area contributed by atoms with Gasteiger partial charge in [-0.1, -0.05) is 37.1 Å². The Labute approximate surface area is 197 Å². The predicted octanol–water partition coefficient (Wildman–Crippen LogP) is 4.28. The summed E-state index contributed by atoms with van der Waals surface area (Å²) < 4.78 is 15.1. The van der Waals surface area contributed by atoms with Crippen molar-refractivity contribution in [2.45, 2.75) is 52.1 Å². The Balaban J connectivity index is 1.62. The van der Waals surface area contributed by atoms with E-state index in [2.05, 4.69) is 37.5 Å². The van der Waals surface area contributed by atoms with E-state index in [1.165, 1.54) is 25.0 Å². The number of aromatic amines is 1. The number of tetrazole rings is 1. The van der Waals surface area contributed by atoms with Crippen molar-refractivity contribution in [2.75, 3.05) is 13.1 Å². The fourth-order valence-corrected chi connectivity index (χ4v) is 4.88. The number of aromatic nitrogens is 5. The first-order chi connectivity index (χ1) is 16.5. The van der Waals surface area contributed by atoms with Gasteiger partial charge in [0.2, 0.25) is 0 Å². The molecule has 0 bridgehead atoms. The van der Waals surface area contributed by atoms with E-state index in [0.29, 0.717) is 17.9 Å². The summed E-state index contributed by atoms with van der Waals surface area (Å²) in [5.74, 6) is 0.344. The van der Waals surface area contributed by atoms with E-state index in [1.54, 1.807) is 16.8 Å². The van der Waals surface area contributed by atoms with E-state index in [0.717, 1.165) is 53.5 Å². The molecule has 1 aliphatic heterocycles. The van der Waals surface area contributed by atoms with Gasteiger partial charge in [0, 0.05) is 5.56 Å². The van der Waals surface area contributed by atoms with Crippen molar-refractivity contribution in [3.63, 3.8) is 0 Å². The van der Waals surface area contributed by atoms with Gasteiger partial charge in [0.25, 0.3) is 5.56 Å². The normalized spacial score (nSPS) is 16.0. The summed E-state index contributed by atoms with van der Waals surface area (Å²) in [5, 5.41) is 13.6. The molecule has 2 aromatic carbocycles.